The third kappa shape index (κ3) is 4.32. The van der Waals surface area contributed by atoms with Gasteiger partial charge in [0.25, 0.3) is 5.91 Å². The van der Waals surface area contributed by atoms with Gasteiger partial charge in [0.05, 0.1) is 4.90 Å². The molecule has 1 aliphatic heterocycles. The topological polar surface area (TPSA) is 69.7 Å². The first-order valence-corrected chi connectivity index (χ1v) is 10.5. The molecule has 3 rings (SSSR count). The summed E-state index contributed by atoms with van der Waals surface area (Å²) in [7, 11) is -1.63. The van der Waals surface area contributed by atoms with Gasteiger partial charge in [-0.25, -0.2) is 8.42 Å². The number of carbonyl (C=O) groups excluding carboxylic acids is 1. The van der Waals surface area contributed by atoms with E-state index in [0.29, 0.717) is 37.4 Å². The molecule has 2 aromatic carbocycles. The average Bonchev–Trinajstić information content (AvgIpc) is 2.64. The first kappa shape index (κ1) is 19.0. The highest BCUT2D eigenvalue weighted by molar-refractivity contribution is 9.10. The predicted octanol–water partition coefficient (Wildman–Crippen LogP) is 2.64. The molecule has 0 atom stereocenters. The molecule has 1 N–H and O–H groups in total. The number of hydrogen-bond donors (Lipinski definition) is 1. The summed E-state index contributed by atoms with van der Waals surface area (Å²) < 4.78 is 28.1. The van der Waals surface area contributed by atoms with Crippen LogP contribution in [0, 0.1) is 0 Å². The number of nitrogens with zero attached hydrogens (tertiary/aromatic N) is 2. The van der Waals surface area contributed by atoms with Gasteiger partial charge < -0.3 is 10.2 Å². The summed E-state index contributed by atoms with van der Waals surface area (Å²) in [5, 5.41) is 2.77. The maximum Gasteiger partial charge on any atom is 0.255 e. The molecule has 6 nitrogen and oxygen atoms in total. The Kier molecular flexibility index (Phi) is 5.76. The Labute approximate surface area is 162 Å². The Balaban J connectivity index is 1.79. The van der Waals surface area contributed by atoms with Crippen LogP contribution in [0.4, 0.5) is 5.69 Å². The second-order valence-corrected chi connectivity index (χ2v) is 9.05. The number of piperazine rings is 1. The summed E-state index contributed by atoms with van der Waals surface area (Å²) in [5.74, 6) is -0.345. The molecule has 2 aromatic rings. The molecule has 0 unspecified atom stereocenters. The molecule has 1 heterocycles. The molecule has 1 saturated heterocycles. The van der Waals surface area contributed by atoms with Gasteiger partial charge in [-0.3, -0.25) is 4.79 Å². The zero-order chi connectivity index (χ0) is 18.7. The molecule has 26 heavy (non-hydrogen) atoms. The van der Waals surface area contributed by atoms with Crippen molar-refractivity contribution in [2.24, 2.45) is 0 Å². The van der Waals surface area contributed by atoms with Crippen molar-refractivity contribution in [3.8, 4) is 0 Å². The molecule has 0 bridgehead atoms. The highest BCUT2D eigenvalue weighted by atomic mass is 79.9. The normalized spacial score (nSPS) is 16.4. The number of carbonyl (C=O) groups is 1. The van der Waals surface area contributed by atoms with Crippen LogP contribution in [0.3, 0.4) is 0 Å². The molecule has 0 aromatic heterocycles. The fourth-order valence-corrected chi connectivity index (χ4v) is 4.44. The zero-order valence-electron chi connectivity index (χ0n) is 14.4. The predicted molar refractivity (Wildman–Crippen MR) is 105 cm³/mol. The summed E-state index contributed by atoms with van der Waals surface area (Å²) >= 11 is 3.34. The third-order valence-corrected chi connectivity index (χ3v) is 6.72. The van der Waals surface area contributed by atoms with Gasteiger partial charge in [-0.2, -0.15) is 4.31 Å². The lowest BCUT2D eigenvalue weighted by molar-refractivity contribution is 0.102. The number of likely N-dealkylation sites (N-methyl/N-ethyl adjacent to an activating group) is 1. The minimum atomic E-state index is -3.60. The van der Waals surface area contributed by atoms with E-state index in [-0.39, 0.29) is 10.8 Å². The van der Waals surface area contributed by atoms with Crippen molar-refractivity contribution in [2.75, 3.05) is 38.5 Å². The van der Waals surface area contributed by atoms with Crippen molar-refractivity contribution in [3.05, 3.63) is 58.6 Å². The van der Waals surface area contributed by atoms with Crippen molar-refractivity contribution in [3.63, 3.8) is 0 Å². The van der Waals surface area contributed by atoms with E-state index in [2.05, 4.69) is 26.1 Å². The smallest absolute Gasteiger partial charge is 0.255 e. The van der Waals surface area contributed by atoms with E-state index >= 15 is 0 Å². The van der Waals surface area contributed by atoms with Gasteiger partial charge in [0.2, 0.25) is 10.0 Å². The van der Waals surface area contributed by atoms with Gasteiger partial charge in [0.1, 0.15) is 0 Å². The van der Waals surface area contributed by atoms with E-state index in [0.717, 1.165) is 4.47 Å². The number of halogens is 1. The fourth-order valence-electron chi connectivity index (χ4n) is 2.71. The van der Waals surface area contributed by atoms with Crippen LogP contribution in [0.1, 0.15) is 10.4 Å². The summed E-state index contributed by atoms with van der Waals surface area (Å²) in [5.41, 5.74) is 0.952. The van der Waals surface area contributed by atoms with Crippen LogP contribution in [-0.2, 0) is 10.0 Å². The lowest BCUT2D eigenvalue weighted by Crippen LogP contribution is -2.47. The van der Waals surface area contributed by atoms with Crippen LogP contribution in [-0.4, -0.2) is 56.8 Å². The summed E-state index contributed by atoms with van der Waals surface area (Å²) in [4.78, 5) is 14.7. The summed E-state index contributed by atoms with van der Waals surface area (Å²) in [6, 6.07) is 13.4. The Hall–Kier alpha value is -1.74. The van der Waals surface area contributed by atoms with Gasteiger partial charge in [-0.15, -0.1) is 0 Å². The maximum atomic E-state index is 12.8. The monoisotopic (exact) mass is 437 g/mol. The van der Waals surface area contributed by atoms with Crippen LogP contribution in [0.25, 0.3) is 0 Å². The minimum Gasteiger partial charge on any atom is -0.322 e. The van der Waals surface area contributed by atoms with Crippen molar-refractivity contribution in [2.45, 2.75) is 4.90 Å². The van der Waals surface area contributed by atoms with Crippen LogP contribution >= 0.6 is 15.9 Å². The first-order valence-electron chi connectivity index (χ1n) is 8.22. The van der Waals surface area contributed by atoms with E-state index in [4.69, 9.17) is 0 Å². The number of sulfonamides is 1. The number of hydrogen-bond acceptors (Lipinski definition) is 4. The molecular weight excluding hydrogens is 418 g/mol. The maximum absolute atomic E-state index is 12.8. The molecule has 0 aliphatic carbocycles. The van der Waals surface area contributed by atoms with Gasteiger partial charge in [0.15, 0.2) is 0 Å². The van der Waals surface area contributed by atoms with Crippen molar-refractivity contribution in [1.82, 2.24) is 9.21 Å². The Morgan fingerprint density at radius 1 is 1.04 bits per heavy atom. The Morgan fingerprint density at radius 3 is 2.35 bits per heavy atom. The van der Waals surface area contributed by atoms with Gasteiger partial charge in [-0.05, 0) is 49.5 Å². The molecule has 1 aliphatic rings. The van der Waals surface area contributed by atoms with Crippen molar-refractivity contribution >= 4 is 37.5 Å². The van der Waals surface area contributed by atoms with Crippen molar-refractivity contribution in [1.29, 1.82) is 0 Å². The largest absolute Gasteiger partial charge is 0.322 e. The number of anilines is 1. The minimum absolute atomic E-state index is 0.144. The first-order chi connectivity index (χ1) is 12.4. The molecule has 138 valence electrons. The quantitative estimate of drug-likeness (QED) is 0.797. The second-order valence-electron chi connectivity index (χ2n) is 6.20. The summed E-state index contributed by atoms with van der Waals surface area (Å²) in [6.45, 7) is 2.30. The standard InChI is InChI=1S/C18H20BrN3O3S/c1-21-9-11-22(12-10-21)26(24,25)17-4-2-3-14(13-17)18(23)20-16-7-5-15(19)6-8-16/h2-8,13H,9-12H2,1H3,(H,20,23). The lowest BCUT2D eigenvalue weighted by Gasteiger charge is -2.31. The van der Waals surface area contributed by atoms with Crippen LogP contribution < -0.4 is 5.32 Å². The van der Waals surface area contributed by atoms with Crippen LogP contribution in [0.15, 0.2) is 57.9 Å². The Bertz CT molecular complexity index is 892. The fraction of sp³-hybridized carbons (Fsp3) is 0.278. The van der Waals surface area contributed by atoms with Gasteiger partial charge >= 0.3 is 0 Å². The highest BCUT2D eigenvalue weighted by Crippen LogP contribution is 2.20. The Morgan fingerprint density at radius 2 is 1.69 bits per heavy atom. The van der Waals surface area contributed by atoms with Crippen LogP contribution in [0.5, 0.6) is 0 Å². The highest BCUT2D eigenvalue weighted by Gasteiger charge is 2.27. The van der Waals surface area contributed by atoms with Crippen molar-refractivity contribution < 1.29 is 13.2 Å². The zero-order valence-corrected chi connectivity index (χ0v) is 16.8. The van der Waals surface area contributed by atoms with E-state index in [9.17, 15) is 13.2 Å². The molecule has 0 spiro atoms. The lowest BCUT2D eigenvalue weighted by atomic mass is 10.2. The molecule has 1 fully saturated rings. The molecular formula is C18H20BrN3O3S. The van der Waals surface area contributed by atoms with E-state index in [1.807, 2.05) is 19.2 Å². The number of rotatable bonds is 4. The van der Waals surface area contributed by atoms with Crippen LogP contribution in [0.2, 0.25) is 0 Å². The van der Waals surface area contributed by atoms with Gasteiger partial charge in [0, 0.05) is 41.9 Å². The molecule has 8 heteroatoms. The SMILES string of the molecule is CN1CCN(S(=O)(=O)c2cccc(C(=O)Nc3ccc(Br)cc3)c2)CC1. The van der Waals surface area contributed by atoms with Gasteiger partial charge in [-0.1, -0.05) is 22.0 Å². The number of benzene rings is 2. The average molecular weight is 438 g/mol. The summed E-state index contributed by atoms with van der Waals surface area (Å²) in [6.07, 6.45) is 0. The molecule has 0 radical (unpaired) electrons. The molecule has 0 saturated carbocycles. The second kappa shape index (κ2) is 7.87. The number of amides is 1. The third-order valence-electron chi connectivity index (χ3n) is 4.30. The van der Waals surface area contributed by atoms with E-state index < -0.39 is 10.0 Å². The van der Waals surface area contributed by atoms with E-state index in [1.54, 1.807) is 24.3 Å². The number of nitrogens with one attached hydrogen (secondary N) is 1. The molecule has 1 amide bonds. The van der Waals surface area contributed by atoms with E-state index in [1.165, 1.54) is 16.4 Å².